The Hall–Kier alpha value is -4.87. The number of hydrogen-bond acceptors (Lipinski definition) is 6. The Morgan fingerprint density at radius 3 is 1.86 bits per heavy atom. The molecule has 2 aromatic carbocycles. The van der Waals surface area contributed by atoms with Crippen molar-refractivity contribution in [3.63, 3.8) is 0 Å². The van der Waals surface area contributed by atoms with Crippen molar-refractivity contribution in [1.29, 1.82) is 10.5 Å². The maximum absolute atomic E-state index is 14.0. The van der Waals surface area contributed by atoms with Gasteiger partial charge in [-0.25, -0.2) is 18.7 Å². The molecule has 0 unspecified atom stereocenters. The summed E-state index contributed by atoms with van der Waals surface area (Å²) in [4.78, 5) is 7.28. The van der Waals surface area contributed by atoms with E-state index in [2.05, 4.69) is 25.9 Å². The summed E-state index contributed by atoms with van der Waals surface area (Å²) >= 11 is 16.5. The molecule has 0 fully saturated rings. The molecular weight excluding hydrogens is 629 g/mol. The number of benzene rings is 2. The van der Waals surface area contributed by atoms with Gasteiger partial charge in [0.15, 0.2) is 22.6 Å². The standard InChI is InChI=1S/C15H10ClFN4.C9H10N2.C6HCl2FN2.CH4/c1-21-6-5-10-12(3-2-4-13(10)21)19-15-11(17)7-9(8-18)14(16)20-15;1-11-6-5-7-8(10)3-2-4-9(7)11;7-5-3(2-10)1-4(9)6(8)11-5;/h2-7H,1H3,(H,19,20);2-6H,10H2,1H3;1H;1H4. The number of nitriles is 2. The average molecular weight is 654 g/mol. The van der Waals surface area contributed by atoms with Gasteiger partial charge in [-0.1, -0.05) is 54.4 Å². The highest BCUT2D eigenvalue weighted by Gasteiger charge is 2.12. The van der Waals surface area contributed by atoms with Crippen LogP contribution in [0.25, 0.3) is 21.8 Å². The Bertz CT molecular complexity index is 2040. The van der Waals surface area contributed by atoms with Crippen LogP contribution in [0, 0.1) is 34.3 Å². The van der Waals surface area contributed by atoms with Gasteiger partial charge in [-0.05, 0) is 48.5 Å². The topological polar surface area (TPSA) is 121 Å². The molecule has 224 valence electrons. The molecule has 0 aliphatic heterocycles. The zero-order chi connectivity index (χ0) is 31.3. The molecule has 13 heteroatoms. The second-order valence-corrected chi connectivity index (χ2v) is 10.1. The Morgan fingerprint density at radius 1 is 0.750 bits per heavy atom. The number of nitrogens with one attached hydrogen (secondary N) is 1. The van der Waals surface area contributed by atoms with E-state index in [-0.39, 0.29) is 39.8 Å². The molecule has 0 atom stereocenters. The predicted molar refractivity (Wildman–Crippen MR) is 173 cm³/mol. The van der Waals surface area contributed by atoms with Gasteiger partial charge in [-0.15, -0.1) is 0 Å². The van der Waals surface area contributed by atoms with Gasteiger partial charge in [0.05, 0.1) is 11.1 Å². The molecule has 0 spiro atoms. The molecule has 0 aliphatic rings. The summed E-state index contributed by atoms with van der Waals surface area (Å²) in [6.07, 6.45) is 3.94. The van der Waals surface area contributed by atoms with Crippen LogP contribution in [0.2, 0.25) is 15.5 Å². The van der Waals surface area contributed by atoms with E-state index in [1.165, 1.54) is 5.52 Å². The zero-order valence-electron chi connectivity index (χ0n) is 22.6. The molecule has 0 aliphatic carbocycles. The highest BCUT2D eigenvalue weighted by molar-refractivity contribution is 6.33. The minimum absolute atomic E-state index is 0. The number of hydrogen-bond donors (Lipinski definition) is 2. The lowest BCUT2D eigenvalue weighted by molar-refractivity contribution is 0.621. The maximum atomic E-state index is 14.0. The van der Waals surface area contributed by atoms with Gasteiger partial charge in [-0.2, -0.15) is 10.5 Å². The summed E-state index contributed by atoms with van der Waals surface area (Å²) in [6.45, 7) is 0. The largest absolute Gasteiger partial charge is 0.398 e. The summed E-state index contributed by atoms with van der Waals surface area (Å²) in [6, 6.07) is 21.1. The second kappa shape index (κ2) is 14.5. The quantitative estimate of drug-likeness (QED) is 0.142. The molecule has 3 N–H and O–H groups in total. The smallest absolute Gasteiger partial charge is 0.168 e. The van der Waals surface area contributed by atoms with Crippen molar-refractivity contribution in [1.82, 2.24) is 19.1 Å². The maximum Gasteiger partial charge on any atom is 0.168 e. The van der Waals surface area contributed by atoms with Crippen molar-refractivity contribution in [3.05, 3.63) is 111 Å². The summed E-state index contributed by atoms with van der Waals surface area (Å²) in [7, 11) is 3.95. The van der Waals surface area contributed by atoms with Crippen LogP contribution in [0.3, 0.4) is 0 Å². The Morgan fingerprint density at radius 2 is 1.27 bits per heavy atom. The monoisotopic (exact) mass is 652 g/mol. The number of anilines is 3. The van der Waals surface area contributed by atoms with Crippen molar-refractivity contribution in [3.8, 4) is 12.1 Å². The first-order valence-electron chi connectivity index (χ1n) is 12.3. The molecule has 0 bridgehead atoms. The predicted octanol–water partition coefficient (Wildman–Crippen LogP) is 8.78. The van der Waals surface area contributed by atoms with E-state index in [9.17, 15) is 8.78 Å². The SMILES string of the molecule is C.Cn1ccc2c(N)cccc21.Cn1ccc2c(Nc3nc(Cl)c(C#N)cc3F)cccc21.N#Cc1cc(F)c(Cl)nc1Cl. The van der Waals surface area contributed by atoms with Crippen LogP contribution in [0.1, 0.15) is 18.6 Å². The summed E-state index contributed by atoms with van der Waals surface area (Å²) in [5, 5.41) is 21.7. The third kappa shape index (κ3) is 7.36. The van der Waals surface area contributed by atoms with Crippen LogP contribution in [0.5, 0.6) is 0 Å². The Kier molecular flexibility index (Phi) is 11.1. The third-order valence-electron chi connectivity index (χ3n) is 6.20. The van der Waals surface area contributed by atoms with Gasteiger partial charge in [0.2, 0.25) is 0 Å². The Labute approximate surface area is 267 Å². The minimum atomic E-state index is -0.743. The van der Waals surface area contributed by atoms with Crippen LogP contribution in [-0.4, -0.2) is 19.1 Å². The molecular formula is C31H25Cl3F2N8. The van der Waals surface area contributed by atoms with Crippen LogP contribution < -0.4 is 11.1 Å². The number of halogens is 5. The van der Waals surface area contributed by atoms with Crippen molar-refractivity contribution in [2.75, 3.05) is 11.1 Å². The number of aryl methyl sites for hydroxylation is 2. The fourth-order valence-corrected chi connectivity index (χ4v) is 4.57. The number of fused-ring (bicyclic) bond motifs is 2. The minimum Gasteiger partial charge on any atom is -0.398 e. The molecule has 4 heterocycles. The highest BCUT2D eigenvalue weighted by atomic mass is 35.5. The van der Waals surface area contributed by atoms with Crippen LogP contribution in [0.4, 0.5) is 26.0 Å². The van der Waals surface area contributed by atoms with E-state index in [0.717, 1.165) is 39.8 Å². The van der Waals surface area contributed by atoms with E-state index in [4.69, 9.17) is 51.1 Å². The first-order valence-corrected chi connectivity index (χ1v) is 13.5. The third-order valence-corrected chi connectivity index (χ3v) is 7.04. The zero-order valence-corrected chi connectivity index (χ0v) is 24.8. The first-order chi connectivity index (χ1) is 20.5. The number of nitrogen functional groups attached to an aromatic ring is 1. The molecule has 0 radical (unpaired) electrons. The molecule has 6 rings (SSSR count). The molecule has 0 amide bonds. The highest BCUT2D eigenvalue weighted by Crippen LogP contribution is 2.29. The van der Waals surface area contributed by atoms with Gasteiger partial charge in [0.25, 0.3) is 0 Å². The lowest BCUT2D eigenvalue weighted by Gasteiger charge is -2.09. The summed E-state index contributed by atoms with van der Waals surface area (Å²) < 4.78 is 30.5. The van der Waals surface area contributed by atoms with Crippen LogP contribution >= 0.6 is 34.8 Å². The number of aromatic nitrogens is 4. The summed E-state index contributed by atoms with van der Waals surface area (Å²) in [5.41, 5.74) is 9.52. The summed E-state index contributed by atoms with van der Waals surface area (Å²) in [5.74, 6) is -1.37. The molecule has 0 saturated carbocycles. The van der Waals surface area contributed by atoms with E-state index >= 15 is 0 Å². The van der Waals surface area contributed by atoms with E-state index in [1.54, 1.807) is 12.1 Å². The molecule has 0 saturated heterocycles. The number of pyridine rings is 2. The lowest BCUT2D eigenvalue weighted by Crippen LogP contribution is -1.99. The molecule has 44 heavy (non-hydrogen) atoms. The van der Waals surface area contributed by atoms with Gasteiger partial charge in [-0.3, -0.25) is 0 Å². The molecule has 6 aromatic rings. The number of rotatable bonds is 2. The van der Waals surface area contributed by atoms with Crippen LogP contribution in [0.15, 0.2) is 73.1 Å². The first kappa shape index (κ1) is 33.6. The molecule has 4 aromatic heterocycles. The van der Waals surface area contributed by atoms with Crippen molar-refractivity contribution >= 4 is 73.8 Å². The second-order valence-electron chi connectivity index (χ2n) is 8.98. The fourth-order valence-electron chi connectivity index (χ4n) is 4.02. The number of nitrogens with zero attached hydrogens (tertiary/aromatic N) is 6. The average Bonchev–Trinajstić information content (AvgIpc) is 3.57. The fraction of sp³-hybridized carbons (Fsp3) is 0.0968. The van der Waals surface area contributed by atoms with Gasteiger partial charge < -0.3 is 20.2 Å². The number of nitrogens with two attached hydrogens (primary N) is 1. The Balaban J connectivity index is 0.000000195. The lowest BCUT2D eigenvalue weighted by atomic mass is 10.2. The molecule has 8 nitrogen and oxygen atoms in total. The van der Waals surface area contributed by atoms with Crippen molar-refractivity contribution in [2.45, 2.75) is 7.43 Å². The van der Waals surface area contributed by atoms with Gasteiger partial charge in [0.1, 0.15) is 22.4 Å². The van der Waals surface area contributed by atoms with Gasteiger partial charge >= 0.3 is 0 Å². The normalized spacial score (nSPS) is 10.0. The van der Waals surface area contributed by atoms with Crippen molar-refractivity contribution in [2.24, 2.45) is 14.1 Å². The van der Waals surface area contributed by atoms with E-state index < -0.39 is 11.6 Å². The van der Waals surface area contributed by atoms with E-state index in [0.29, 0.717) is 0 Å². The van der Waals surface area contributed by atoms with E-state index in [1.807, 2.05) is 73.5 Å². The van der Waals surface area contributed by atoms with Crippen molar-refractivity contribution < 1.29 is 8.78 Å². The van der Waals surface area contributed by atoms with Crippen LogP contribution in [-0.2, 0) is 14.1 Å². The van der Waals surface area contributed by atoms with Gasteiger partial charge in [0, 0.05) is 59.7 Å².